The Morgan fingerprint density at radius 1 is 1.29 bits per heavy atom. The molecule has 0 saturated carbocycles. The molecule has 2 aliphatic rings. The van der Waals surface area contributed by atoms with E-state index in [2.05, 4.69) is 5.32 Å². The molecule has 138 valence electrons. The van der Waals surface area contributed by atoms with Crippen molar-refractivity contribution in [3.05, 3.63) is 0 Å². The van der Waals surface area contributed by atoms with Gasteiger partial charge in [-0.2, -0.15) is 13.2 Å². The van der Waals surface area contributed by atoms with Crippen molar-refractivity contribution in [1.82, 2.24) is 10.2 Å². The van der Waals surface area contributed by atoms with Crippen LogP contribution in [-0.2, 0) is 9.53 Å². The quantitative estimate of drug-likeness (QED) is 0.812. The molecule has 0 spiro atoms. The molecule has 2 saturated heterocycles. The molecular formula is C15H23F3N2O4. The third-order valence-electron chi connectivity index (χ3n) is 5.26. The molecule has 2 aliphatic heterocycles. The zero-order chi connectivity index (χ0) is 18.0. The fourth-order valence-electron chi connectivity index (χ4n) is 3.39. The third kappa shape index (κ3) is 4.12. The maximum absolute atomic E-state index is 13.0. The van der Waals surface area contributed by atoms with Crippen LogP contribution in [0.15, 0.2) is 0 Å². The highest BCUT2D eigenvalue weighted by molar-refractivity contribution is 5.77. The Labute approximate surface area is 138 Å². The number of rotatable bonds is 4. The summed E-state index contributed by atoms with van der Waals surface area (Å²) in [6.45, 7) is 2.53. The molecule has 0 radical (unpaired) electrons. The van der Waals surface area contributed by atoms with Crippen LogP contribution < -0.4 is 5.32 Å². The monoisotopic (exact) mass is 352 g/mol. The highest BCUT2D eigenvalue weighted by Crippen LogP contribution is 2.38. The van der Waals surface area contributed by atoms with Gasteiger partial charge in [0.2, 0.25) is 0 Å². The minimum absolute atomic E-state index is 0.108. The lowest BCUT2D eigenvalue weighted by Crippen LogP contribution is -2.46. The number of nitrogens with zero attached hydrogens (tertiary/aromatic N) is 1. The highest BCUT2D eigenvalue weighted by atomic mass is 19.4. The molecule has 2 rings (SSSR count). The van der Waals surface area contributed by atoms with Crippen LogP contribution in [0, 0.1) is 17.3 Å². The van der Waals surface area contributed by atoms with Crippen molar-refractivity contribution in [3.8, 4) is 0 Å². The summed E-state index contributed by atoms with van der Waals surface area (Å²) in [6.07, 6.45) is -2.23. The van der Waals surface area contributed by atoms with Crippen molar-refractivity contribution in [2.75, 3.05) is 32.8 Å². The fraction of sp³-hybridized carbons (Fsp3) is 0.867. The summed E-state index contributed by atoms with van der Waals surface area (Å²) in [7, 11) is 0. The number of halogens is 3. The van der Waals surface area contributed by atoms with Crippen molar-refractivity contribution in [3.63, 3.8) is 0 Å². The number of carboxylic acid groups (broad SMARTS) is 1. The largest absolute Gasteiger partial charge is 0.481 e. The maximum atomic E-state index is 13.0. The molecular weight excluding hydrogens is 329 g/mol. The second-order valence-corrected chi connectivity index (χ2v) is 6.62. The SMILES string of the molecule is CCC1(CNC(=O)N2C[C@@H](C(F)(F)F)[C@H](C(=O)O)C2)CCOCC1. The Morgan fingerprint density at radius 2 is 1.92 bits per heavy atom. The van der Waals surface area contributed by atoms with Gasteiger partial charge in [0.05, 0.1) is 11.8 Å². The molecule has 2 atom stereocenters. The lowest BCUT2D eigenvalue weighted by molar-refractivity contribution is -0.187. The zero-order valence-corrected chi connectivity index (χ0v) is 13.6. The van der Waals surface area contributed by atoms with Gasteiger partial charge >= 0.3 is 18.2 Å². The van der Waals surface area contributed by atoms with E-state index in [1.165, 1.54) is 0 Å². The first-order chi connectivity index (χ1) is 11.2. The van der Waals surface area contributed by atoms with Crippen molar-refractivity contribution in [2.45, 2.75) is 32.4 Å². The van der Waals surface area contributed by atoms with Gasteiger partial charge in [0.15, 0.2) is 0 Å². The number of hydrogen-bond donors (Lipinski definition) is 2. The van der Waals surface area contributed by atoms with Gasteiger partial charge in [-0.05, 0) is 24.7 Å². The smallest absolute Gasteiger partial charge is 0.394 e. The standard InChI is InChI=1S/C15H23F3N2O4/c1-2-14(3-5-24-6-4-14)9-19-13(23)20-7-10(12(21)22)11(8-20)15(16,17)18/h10-11H,2-9H2,1H3,(H,19,23)(H,21,22)/t10-,11-/m1/s1. The summed E-state index contributed by atoms with van der Waals surface area (Å²) in [6, 6.07) is -0.632. The molecule has 6 nitrogen and oxygen atoms in total. The lowest BCUT2D eigenvalue weighted by atomic mass is 9.78. The van der Waals surface area contributed by atoms with Gasteiger partial charge in [0.1, 0.15) is 0 Å². The summed E-state index contributed by atoms with van der Waals surface area (Å²) < 4.78 is 44.2. The average Bonchev–Trinajstić information content (AvgIpc) is 2.99. The number of ether oxygens (including phenoxy) is 1. The van der Waals surface area contributed by atoms with Gasteiger partial charge in [0.25, 0.3) is 0 Å². The minimum atomic E-state index is -4.64. The Bertz CT molecular complexity index is 478. The van der Waals surface area contributed by atoms with E-state index in [1.54, 1.807) is 0 Å². The van der Waals surface area contributed by atoms with E-state index in [9.17, 15) is 22.8 Å². The Hall–Kier alpha value is -1.51. The van der Waals surface area contributed by atoms with E-state index in [-0.39, 0.29) is 5.41 Å². The van der Waals surface area contributed by atoms with E-state index in [1.807, 2.05) is 6.92 Å². The van der Waals surface area contributed by atoms with Gasteiger partial charge in [-0.15, -0.1) is 0 Å². The predicted octanol–water partition coefficient (Wildman–Crippen LogP) is 2.10. The van der Waals surface area contributed by atoms with Crippen LogP contribution in [0.5, 0.6) is 0 Å². The summed E-state index contributed by atoms with van der Waals surface area (Å²) in [4.78, 5) is 24.2. The number of carbonyl (C=O) groups excluding carboxylic acids is 1. The number of likely N-dealkylation sites (tertiary alicyclic amines) is 1. The summed E-state index contributed by atoms with van der Waals surface area (Å²) in [5.74, 6) is -5.16. The molecule has 0 aromatic carbocycles. The number of amides is 2. The highest BCUT2D eigenvalue weighted by Gasteiger charge is 2.53. The maximum Gasteiger partial charge on any atom is 0.394 e. The Kier molecular flexibility index (Phi) is 5.62. The number of carboxylic acids is 1. The first-order valence-electron chi connectivity index (χ1n) is 8.08. The summed E-state index contributed by atoms with van der Waals surface area (Å²) in [5.41, 5.74) is -0.108. The van der Waals surface area contributed by atoms with Crippen LogP contribution in [-0.4, -0.2) is 61.0 Å². The summed E-state index contributed by atoms with van der Waals surface area (Å²) >= 11 is 0. The molecule has 0 aliphatic carbocycles. The van der Waals surface area contributed by atoms with Crippen LogP contribution in [0.4, 0.5) is 18.0 Å². The second-order valence-electron chi connectivity index (χ2n) is 6.62. The van der Waals surface area contributed by atoms with E-state index in [0.29, 0.717) is 19.8 Å². The molecule has 2 heterocycles. The molecule has 24 heavy (non-hydrogen) atoms. The Balaban J connectivity index is 1.96. The predicted molar refractivity (Wildman–Crippen MR) is 78.4 cm³/mol. The summed E-state index contributed by atoms with van der Waals surface area (Å²) in [5, 5.41) is 11.7. The van der Waals surface area contributed by atoms with Crippen LogP contribution in [0.2, 0.25) is 0 Å². The topological polar surface area (TPSA) is 78.9 Å². The van der Waals surface area contributed by atoms with E-state index in [0.717, 1.165) is 24.2 Å². The van der Waals surface area contributed by atoms with Gasteiger partial charge in [-0.3, -0.25) is 4.79 Å². The number of urea groups is 1. The van der Waals surface area contributed by atoms with E-state index < -0.39 is 43.1 Å². The first-order valence-corrected chi connectivity index (χ1v) is 8.08. The molecule has 0 aromatic heterocycles. The molecule has 0 bridgehead atoms. The molecule has 2 amide bonds. The molecule has 2 N–H and O–H groups in total. The molecule has 9 heteroatoms. The number of alkyl halides is 3. The van der Waals surface area contributed by atoms with Crippen molar-refractivity contribution >= 4 is 12.0 Å². The second kappa shape index (κ2) is 7.16. The number of hydrogen-bond acceptors (Lipinski definition) is 3. The van der Waals surface area contributed by atoms with Crippen LogP contribution in [0.3, 0.4) is 0 Å². The third-order valence-corrected chi connectivity index (χ3v) is 5.26. The molecule has 2 fully saturated rings. The van der Waals surface area contributed by atoms with E-state index >= 15 is 0 Å². The van der Waals surface area contributed by atoms with Crippen LogP contribution in [0.1, 0.15) is 26.2 Å². The minimum Gasteiger partial charge on any atom is -0.481 e. The Morgan fingerprint density at radius 3 is 2.38 bits per heavy atom. The zero-order valence-electron chi connectivity index (χ0n) is 13.6. The van der Waals surface area contributed by atoms with Crippen molar-refractivity contribution in [1.29, 1.82) is 0 Å². The van der Waals surface area contributed by atoms with Gasteiger partial charge in [-0.1, -0.05) is 6.92 Å². The average molecular weight is 352 g/mol. The number of nitrogens with one attached hydrogen (secondary N) is 1. The van der Waals surface area contributed by atoms with Crippen molar-refractivity contribution in [2.24, 2.45) is 17.3 Å². The van der Waals surface area contributed by atoms with Gasteiger partial charge < -0.3 is 20.1 Å². The normalized spacial score (nSPS) is 27.1. The number of carbonyl (C=O) groups is 2. The van der Waals surface area contributed by atoms with Crippen LogP contribution in [0.25, 0.3) is 0 Å². The van der Waals surface area contributed by atoms with Gasteiger partial charge in [0, 0.05) is 32.8 Å². The van der Waals surface area contributed by atoms with Gasteiger partial charge in [-0.25, -0.2) is 4.79 Å². The first kappa shape index (κ1) is 18.8. The fourth-order valence-corrected chi connectivity index (χ4v) is 3.39. The van der Waals surface area contributed by atoms with Crippen molar-refractivity contribution < 1.29 is 32.6 Å². The van der Waals surface area contributed by atoms with Crippen LogP contribution >= 0.6 is 0 Å². The van der Waals surface area contributed by atoms with E-state index in [4.69, 9.17) is 9.84 Å². The number of aliphatic carboxylic acids is 1. The lowest BCUT2D eigenvalue weighted by Gasteiger charge is -2.37. The molecule has 0 unspecified atom stereocenters. The molecule has 0 aromatic rings.